The molecular formula is C28H36N8O4. The van der Waals surface area contributed by atoms with Gasteiger partial charge < -0.3 is 34.6 Å². The monoisotopic (exact) mass is 548 g/mol. The first-order valence-electron chi connectivity index (χ1n) is 13.7. The second-order valence-electron chi connectivity index (χ2n) is 10.0. The van der Waals surface area contributed by atoms with Crippen LogP contribution in [0.5, 0.6) is 5.75 Å². The van der Waals surface area contributed by atoms with Crippen molar-refractivity contribution in [2.24, 2.45) is 0 Å². The van der Waals surface area contributed by atoms with Crippen molar-refractivity contribution in [2.45, 2.75) is 52.6 Å². The Balaban J connectivity index is 1.14. The number of nitrogens with one attached hydrogen (secondary N) is 4. The van der Waals surface area contributed by atoms with E-state index in [1.54, 1.807) is 36.1 Å². The summed E-state index contributed by atoms with van der Waals surface area (Å²) < 4.78 is 10.8. The highest BCUT2D eigenvalue weighted by molar-refractivity contribution is 5.92. The van der Waals surface area contributed by atoms with Crippen LogP contribution in [0.3, 0.4) is 0 Å². The summed E-state index contributed by atoms with van der Waals surface area (Å²) in [6.45, 7) is 8.92. The molecule has 12 heteroatoms. The fraction of sp³-hybridized carbons (Fsp3) is 0.464. The zero-order valence-electron chi connectivity index (χ0n) is 23.2. The van der Waals surface area contributed by atoms with Crippen LogP contribution in [0.2, 0.25) is 0 Å². The minimum atomic E-state index is -0.435. The number of amidine groups is 1. The minimum absolute atomic E-state index is 0.0531. The van der Waals surface area contributed by atoms with Crippen molar-refractivity contribution >= 4 is 17.8 Å². The lowest BCUT2D eigenvalue weighted by molar-refractivity contribution is 0.0521. The molecule has 0 radical (unpaired) electrons. The number of nitrogens with zero attached hydrogens (tertiary/aromatic N) is 4. The number of carbonyl (C=O) groups excluding carboxylic acids is 2. The van der Waals surface area contributed by atoms with Gasteiger partial charge in [-0.1, -0.05) is 12.1 Å². The molecule has 4 N–H and O–H groups in total. The van der Waals surface area contributed by atoms with Crippen LogP contribution in [0.25, 0.3) is 0 Å². The largest absolute Gasteiger partial charge is 0.491 e. The van der Waals surface area contributed by atoms with Gasteiger partial charge in [0.05, 0.1) is 60.8 Å². The second kappa shape index (κ2) is 11.8. The summed E-state index contributed by atoms with van der Waals surface area (Å²) in [5.41, 5.74) is 4.40. The smallest absolute Gasteiger partial charge is 0.341 e. The molecule has 1 unspecified atom stereocenters. The van der Waals surface area contributed by atoms with Crippen LogP contribution < -0.4 is 10.1 Å². The van der Waals surface area contributed by atoms with E-state index >= 15 is 0 Å². The maximum Gasteiger partial charge on any atom is 0.341 e. The number of aromatic nitrogens is 4. The number of carbonyl (C=O) groups is 2. The van der Waals surface area contributed by atoms with Gasteiger partial charge in [0.25, 0.3) is 0 Å². The van der Waals surface area contributed by atoms with Gasteiger partial charge in [0, 0.05) is 25.9 Å². The van der Waals surface area contributed by atoms with E-state index in [1.165, 1.54) is 0 Å². The molecule has 1 aromatic carbocycles. The number of hydrogen-bond donors (Lipinski definition) is 4. The highest BCUT2D eigenvalue weighted by atomic mass is 16.5. The summed E-state index contributed by atoms with van der Waals surface area (Å²) >= 11 is 0. The molecule has 0 spiro atoms. The molecule has 1 atom stereocenters. The summed E-state index contributed by atoms with van der Waals surface area (Å²) in [5.74, 6) is 2.19. The molecule has 0 fully saturated rings. The average molecular weight is 549 g/mol. The van der Waals surface area contributed by atoms with E-state index in [0.29, 0.717) is 49.7 Å². The van der Waals surface area contributed by atoms with Gasteiger partial charge in [-0.25, -0.2) is 19.6 Å². The van der Waals surface area contributed by atoms with E-state index in [2.05, 4.69) is 22.2 Å². The van der Waals surface area contributed by atoms with Gasteiger partial charge in [-0.2, -0.15) is 0 Å². The Morgan fingerprint density at radius 2 is 1.68 bits per heavy atom. The molecule has 4 heterocycles. The fourth-order valence-corrected chi connectivity index (χ4v) is 5.03. The number of urea groups is 1. The van der Waals surface area contributed by atoms with Gasteiger partial charge >= 0.3 is 12.0 Å². The number of imidazole rings is 2. The zero-order chi connectivity index (χ0) is 28.2. The Bertz CT molecular complexity index is 1400. The SMILES string of the molecule is CCOC(=O)c1ccccc1OCCNC(=O)N1CCc2nc(C(C)c3nc4c([nH]3)CN(C(C)=N)CC4)[nH]c2C1. The van der Waals surface area contributed by atoms with Crippen LogP contribution in [0.1, 0.15) is 71.5 Å². The molecule has 5 rings (SSSR count). The molecule has 212 valence electrons. The topological polar surface area (TPSA) is 152 Å². The highest BCUT2D eigenvalue weighted by Crippen LogP contribution is 2.27. The lowest BCUT2D eigenvalue weighted by Gasteiger charge is -2.26. The van der Waals surface area contributed by atoms with Gasteiger partial charge in [-0.3, -0.25) is 5.41 Å². The molecule has 2 aromatic heterocycles. The number of rotatable bonds is 8. The van der Waals surface area contributed by atoms with Crippen molar-refractivity contribution in [1.29, 1.82) is 5.41 Å². The summed E-state index contributed by atoms with van der Waals surface area (Å²) in [6, 6.07) is 6.72. The van der Waals surface area contributed by atoms with Crippen molar-refractivity contribution in [3.8, 4) is 5.75 Å². The predicted molar refractivity (Wildman–Crippen MR) is 148 cm³/mol. The van der Waals surface area contributed by atoms with Crippen LogP contribution in [0, 0.1) is 5.41 Å². The van der Waals surface area contributed by atoms with Gasteiger partial charge in [-0.05, 0) is 32.9 Å². The standard InChI is InChI=1S/C28H36N8O4/c1-4-39-27(37)19-7-5-6-8-24(19)40-14-11-30-28(38)36-13-10-21-23(16-36)34-26(32-21)17(2)25-31-20-9-12-35(18(3)29)15-22(20)33-25/h5-8,17,29H,4,9-16H2,1-3H3,(H,30,38)(H,31,33)(H,32,34). The summed E-state index contributed by atoms with van der Waals surface area (Å²) in [5, 5.41) is 10.8. The molecule has 2 aliphatic rings. The average Bonchev–Trinajstić information content (AvgIpc) is 3.58. The van der Waals surface area contributed by atoms with Crippen molar-refractivity contribution < 1.29 is 19.1 Å². The molecule has 12 nitrogen and oxygen atoms in total. The van der Waals surface area contributed by atoms with E-state index in [9.17, 15) is 9.59 Å². The third-order valence-electron chi connectivity index (χ3n) is 7.30. The molecule has 0 aliphatic carbocycles. The lowest BCUT2D eigenvalue weighted by atomic mass is 10.1. The fourth-order valence-electron chi connectivity index (χ4n) is 5.03. The van der Waals surface area contributed by atoms with Crippen LogP contribution >= 0.6 is 0 Å². The molecule has 2 aliphatic heterocycles. The molecule has 3 aromatic rings. The maximum absolute atomic E-state index is 12.8. The third-order valence-corrected chi connectivity index (χ3v) is 7.30. The van der Waals surface area contributed by atoms with E-state index in [1.807, 2.05) is 11.8 Å². The number of para-hydroxylation sites is 1. The van der Waals surface area contributed by atoms with Gasteiger partial charge in [-0.15, -0.1) is 0 Å². The number of benzene rings is 1. The number of H-pyrrole nitrogens is 2. The van der Waals surface area contributed by atoms with Crippen LogP contribution in [-0.2, 0) is 30.7 Å². The first-order valence-corrected chi connectivity index (χ1v) is 13.7. The molecule has 0 saturated carbocycles. The molecule has 0 bridgehead atoms. The molecule has 0 saturated heterocycles. The molecule has 2 amide bonds. The molecule has 40 heavy (non-hydrogen) atoms. The summed E-state index contributed by atoms with van der Waals surface area (Å²) in [4.78, 5) is 45.3. The quantitative estimate of drug-likeness (QED) is 0.146. The maximum atomic E-state index is 12.8. The summed E-state index contributed by atoms with van der Waals surface area (Å²) in [6.07, 6.45) is 1.48. The number of amides is 2. The Labute approximate surface area is 233 Å². The lowest BCUT2D eigenvalue weighted by Crippen LogP contribution is -2.44. The van der Waals surface area contributed by atoms with Crippen molar-refractivity contribution in [1.82, 2.24) is 35.1 Å². The third kappa shape index (κ3) is 5.80. The van der Waals surface area contributed by atoms with Crippen molar-refractivity contribution in [2.75, 3.05) is 32.8 Å². The van der Waals surface area contributed by atoms with Crippen LogP contribution in [0.4, 0.5) is 4.79 Å². The van der Waals surface area contributed by atoms with E-state index in [-0.39, 0.29) is 25.2 Å². The first-order chi connectivity index (χ1) is 19.3. The second-order valence-corrected chi connectivity index (χ2v) is 10.0. The first kappa shape index (κ1) is 27.2. The van der Waals surface area contributed by atoms with Crippen LogP contribution in [-0.4, -0.2) is 80.4 Å². The number of ether oxygens (including phenoxy) is 2. The predicted octanol–water partition coefficient (Wildman–Crippen LogP) is 2.96. The Morgan fingerprint density at radius 1 is 1.05 bits per heavy atom. The van der Waals surface area contributed by atoms with Gasteiger partial charge in [0.15, 0.2) is 0 Å². The van der Waals surface area contributed by atoms with Crippen molar-refractivity contribution in [3.05, 3.63) is 64.3 Å². The van der Waals surface area contributed by atoms with Gasteiger partial charge in [0.1, 0.15) is 29.6 Å². The van der Waals surface area contributed by atoms with Crippen LogP contribution in [0.15, 0.2) is 24.3 Å². The van der Waals surface area contributed by atoms with E-state index in [0.717, 1.165) is 47.4 Å². The minimum Gasteiger partial charge on any atom is -0.491 e. The van der Waals surface area contributed by atoms with E-state index in [4.69, 9.17) is 24.9 Å². The zero-order valence-corrected chi connectivity index (χ0v) is 23.2. The number of hydrogen-bond acceptors (Lipinski definition) is 7. The Hall–Kier alpha value is -4.35. The van der Waals surface area contributed by atoms with Gasteiger partial charge in [0.2, 0.25) is 0 Å². The number of aromatic amines is 2. The Kier molecular flexibility index (Phi) is 8.04. The molecular weight excluding hydrogens is 512 g/mol. The van der Waals surface area contributed by atoms with Crippen molar-refractivity contribution in [3.63, 3.8) is 0 Å². The number of esters is 1. The van der Waals surface area contributed by atoms with E-state index < -0.39 is 5.97 Å². The normalized spacial score (nSPS) is 15.2. The highest BCUT2D eigenvalue weighted by Gasteiger charge is 2.28. The summed E-state index contributed by atoms with van der Waals surface area (Å²) in [7, 11) is 0. The number of fused-ring (bicyclic) bond motifs is 2. The Morgan fingerprint density at radius 3 is 2.33 bits per heavy atom.